The van der Waals surface area contributed by atoms with E-state index in [1.54, 1.807) is 18.2 Å². The normalized spacial score (nSPS) is 25.4. The summed E-state index contributed by atoms with van der Waals surface area (Å²) in [5.41, 5.74) is -0.0574. The number of benzene rings is 1. The predicted octanol–water partition coefficient (Wildman–Crippen LogP) is 2.76. The number of nitrogens with one attached hydrogen (secondary N) is 2. The largest absolute Gasteiger partial charge is 0.481 e. The van der Waals surface area contributed by atoms with Crippen molar-refractivity contribution in [2.45, 2.75) is 50.1 Å². The Morgan fingerprint density at radius 2 is 1.78 bits per heavy atom. The van der Waals surface area contributed by atoms with Gasteiger partial charge in [-0.25, -0.2) is 9.18 Å². The molecule has 0 saturated heterocycles. The van der Waals surface area contributed by atoms with Crippen LogP contribution in [0.4, 0.5) is 9.18 Å². The molecule has 124 valence electrons. The molecule has 0 bridgehead atoms. The Hall–Kier alpha value is -2.11. The fraction of sp³-hybridized carbons (Fsp3) is 0.529. The van der Waals surface area contributed by atoms with Crippen molar-refractivity contribution in [1.82, 2.24) is 10.6 Å². The van der Waals surface area contributed by atoms with Crippen molar-refractivity contribution in [3.8, 4) is 0 Å². The molecule has 2 amide bonds. The van der Waals surface area contributed by atoms with Gasteiger partial charge >= 0.3 is 12.0 Å². The van der Waals surface area contributed by atoms with E-state index in [4.69, 9.17) is 5.11 Å². The van der Waals surface area contributed by atoms with Crippen LogP contribution in [0.3, 0.4) is 0 Å². The van der Waals surface area contributed by atoms with Gasteiger partial charge in [-0.1, -0.05) is 18.2 Å². The van der Waals surface area contributed by atoms with Crippen LogP contribution in [0.1, 0.15) is 44.1 Å². The molecule has 3 rings (SSSR count). The molecule has 0 unspecified atom stereocenters. The molecule has 3 N–H and O–H groups in total. The number of carbonyl (C=O) groups is 2. The second kappa shape index (κ2) is 6.18. The molecule has 2 saturated carbocycles. The first-order valence-corrected chi connectivity index (χ1v) is 8.07. The number of amides is 2. The molecule has 0 radical (unpaired) electrons. The van der Waals surface area contributed by atoms with Gasteiger partial charge in [0.15, 0.2) is 0 Å². The van der Waals surface area contributed by atoms with Gasteiger partial charge in [-0.2, -0.15) is 0 Å². The number of carboxylic acid groups (broad SMARTS) is 1. The van der Waals surface area contributed by atoms with E-state index in [1.807, 2.05) is 0 Å². The molecule has 1 aromatic carbocycles. The van der Waals surface area contributed by atoms with Gasteiger partial charge in [-0.3, -0.25) is 4.79 Å². The van der Waals surface area contributed by atoms with Crippen molar-refractivity contribution in [2.75, 3.05) is 0 Å². The lowest BCUT2D eigenvalue weighted by Crippen LogP contribution is -2.47. The molecular formula is C17H21FN2O3. The highest BCUT2D eigenvalue weighted by molar-refractivity contribution is 5.76. The zero-order chi connectivity index (χ0) is 16.4. The number of urea groups is 1. The zero-order valence-corrected chi connectivity index (χ0v) is 12.8. The van der Waals surface area contributed by atoms with E-state index in [9.17, 15) is 14.0 Å². The van der Waals surface area contributed by atoms with Crippen LogP contribution in [0.15, 0.2) is 24.3 Å². The van der Waals surface area contributed by atoms with E-state index in [2.05, 4.69) is 10.6 Å². The highest BCUT2D eigenvalue weighted by atomic mass is 19.1. The van der Waals surface area contributed by atoms with Gasteiger partial charge in [0.1, 0.15) is 5.82 Å². The van der Waals surface area contributed by atoms with Crippen molar-refractivity contribution < 1.29 is 19.1 Å². The fourth-order valence-corrected chi connectivity index (χ4v) is 3.36. The summed E-state index contributed by atoms with van der Waals surface area (Å²) in [7, 11) is 0. The molecule has 0 atom stereocenters. The number of carbonyl (C=O) groups excluding carboxylic acids is 1. The van der Waals surface area contributed by atoms with Crippen molar-refractivity contribution in [3.63, 3.8) is 0 Å². The molecule has 0 spiro atoms. The summed E-state index contributed by atoms with van der Waals surface area (Å²) in [6.45, 7) is 0. The van der Waals surface area contributed by atoms with E-state index in [1.165, 1.54) is 6.07 Å². The molecule has 6 heteroatoms. The summed E-state index contributed by atoms with van der Waals surface area (Å²) in [4.78, 5) is 23.1. The summed E-state index contributed by atoms with van der Waals surface area (Å²) < 4.78 is 13.9. The number of aliphatic carboxylic acids is 1. The molecule has 1 aromatic rings. The van der Waals surface area contributed by atoms with E-state index in [-0.39, 0.29) is 23.8 Å². The van der Waals surface area contributed by atoms with Crippen LogP contribution in [0.2, 0.25) is 0 Å². The Bertz CT molecular complexity index is 608. The van der Waals surface area contributed by atoms with Crippen molar-refractivity contribution >= 4 is 12.0 Å². The Kier molecular flexibility index (Phi) is 4.24. The Morgan fingerprint density at radius 1 is 1.13 bits per heavy atom. The van der Waals surface area contributed by atoms with Crippen molar-refractivity contribution in [2.24, 2.45) is 5.92 Å². The van der Waals surface area contributed by atoms with E-state index < -0.39 is 11.5 Å². The molecule has 0 aromatic heterocycles. The van der Waals surface area contributed by atoms with Crippen LogP contribution in [0.25, 0.3) is 0 Å². The SMILES string of the molecule is O=C(NC1CCC(C(=O)O)CC1)NC1(c2ccccc2F)CC1. The van der Waals surface area contributed by atoms with Crippen LogP contribution in [0.5, 0.6) is 0 Å². The number of carboxylic acids is 1. The lowest BCUT2D eigenvalue weighted by Gasteiger charge is -2.28. The molecule has 2 aliphatic rings. The molecule has 2 aliphatic carbocycles. The first-order chi connectivity index (χ1) is 11.0. The number of hydrogen-bond acceptors (Lipinski definition) is 2. The average molecular weight is 320 g/mol. The molecular weight excluding hydrogens is 299 g/mol. The van der Waals surface area contributed by atoms with Crippen LogP contribution in [-0.2, 0) is 10.3 Å². The van der Waals surface area contributed by atoms with Gasteiger partial charge in [0.25, 0.3) is 0 Å². The summed E-state index contributed by atoms with van der Waals surface area (Å²) in [6, 6.07) is 6.20. The zero-order valence-electron chi connectivity index (χ0n) is 12.8. The van der Waals surface area contributed by atoms with Gasteiger partial charge in [-0.15, -0.1) is 0 Å². The Morgan fingerprint density at radius 3 is 2.35 bits per heavy atom. The third-order valence-electron chi connectivity index (χ3n) is 4.90. The average Bonchev–Trinajstić information content (AvgIpc) is 3.28. The second-order valence-electron chi connectivity index (χ2n) is 6.55. The van der Waals surface area contributed by atoms with Crippen LogP contribution < -0.4 is 10.6 Å². The van der Waals surface area contributed by atoms with E-state index in [0.29, 0.717) is 31.2 Å². The minimum Gasteiger partial charge on any atom is -0.481 e. The summed E-state index contributed by atoms with van der Waals surface area (Å²) in [6.07, 6.45) is 3.95. The molecule has 5 nitrogen and oxygen atoms in total. The van der Waals surface area contributed by atoms with E-state index >= 15 is 0 Å². The maximum absolute atomic E-state index is 13.9. The first-order valence-electron chi connectivity index (χ1n) is 8.07. The van der Waals surface area contributed by atoms with Crippen molar-refractivity contribution in [1.29, 1.82) is 0 Å². The molecule has 0 aliphatic heterocycles. The Balaban J connectivity index is 1.54. The van der Waals surface area contributed by atoms with Gasteiger partial charge in [0.05, 0.1) is 11.5 Å². The lowest BCUT2D eigenvalue weighted by molar-refractivity contribution is -0.142. The molecule has 2 fully saturated rings. The highest BCUT2D eigenvalue weighted by Crippen LogP contribution is 2.46. The third kappa shape index (κ3) is 3.46. The summed E-state index contributed by atoms with van der Waals surface area (Å²) in [5.74, 6) is -1.36. The van der Waals surface area contributed by atoms with Gasteiger partial charge < -0.3 is 15.7 Å². The number of rotatable bonds is 4. The minimum absolute atomic E-state index is 0.0120. The first kappa shape index (κ1) is 15.8. The minimum atomic E-state index is -0.760. The standard InChI is InChI=1S/C17H21FN2O3/c18-14-4-2-1-3-13(14)17(9-10-17)20-16(23)19-12-7-5-11(6-8-12)15(21)22/h1-4,11-12H,5-10H2,(H,21,22)(H2,19,20,23). The van der Waals surface area contributed by atoms with Crippen molar-refractivity contribution in [3.05, 3.63) is 35.6 Å². The number of hydrogen-bond donors (Lipinski definition) is 3. The smallest absolute Gasteiger partial charge is 0.315 e. The fourth-order valence-electron chi connectivity index (χ4n) is 3.36. The quantitative estimate of drug-likeness (QED) is 0.798. The number of halogens is 1. The van der Waals surface area contributed by atoms with Crippen LogP contribution in [-0.4, -0.2) is 23.1 Å². The topological polar surface area (TPSA) is 78.4 Å². The van der Waals surface area contributed by atoms with Gasteiger partial charge in [0.2, 0.25) is 0 Å². The van der Waals surface area contributed by atoms with E-state index in [0.717, 1.165) is 12.8 Å². The predicted molar refractivity (Wildman–Crippen MR) is 82.4 cm³/mol. The monoisotopic (exact) mass is 320 g/mol. The highest BCUT2D eigenvalue weighted by Gasteiger charge is 2.47. The summed E-state index contributed by atoms with van der Waals surface area (Å²) >= 11 is 0. The molecule has 23 heavy (non-hydrogen) atoms. The van der Waals surface area contributed by atoms with Gasteiger partial charge in [-0.05, 0) is 44.6 Å². The van der Waals surface area contributed by atoms with Crippen LogP contribution in [0, 0.1) is 11.7 Å². The maximum Gasteiger partial charge on any atom is 0.315 e. The maximum atomic E-state index is 13.9. The van der Waals surface area contributed by atoms with Crippen LogP contribution >= 0.6 is 0 Å². The van der Waals surface area contributed by atoms with Gasteiger partial charge in [0, 0.05) is 11.6 Å². The lowest BCUT2D eigenvalue weighted by atomic mass is 9.86. The third-order valence-corrected chi connectivity index (χ3v) is 4.90. The molecule has 0 heterocycles. The Labute approximate surface area is 134 Å². The second-order valence-corrected chi connectivity index (χ2v) is 6.55. The summed E-state index contributed by atoms with van der Waals surface area (Å²) in [5, 5.41) is 14.8.